The van der Waals surface area contributed by atoms with Gasteiger partial charge in [-0.1, -0.05) is 0 Å². The minimum Gasteiger partial charge on any atom is -0.383 e. The van der Waals surface area contributed by atoms with Crippen molar-refractivity contribution < 1.29 is 9.53 Å². The fourth-order valence-corrected chi connectivity index (χ4v) is 3.58. The number of hydrogen-bond donors (Lipinski definition) is 0. The van der Waals surface area contributed by atoms with Crippen LogP contribution in [0.5, 0.6) is 0 Å². The number of carbonyl (C=O) groups excluding carboxylic acids is 1. The van der Waals surface area contributed by atoms with E-state index in [2.05, 4.69) is 16.5 Å². The van der Waals surface area contributed by atoms with Crippen LogP contribution in [0.25, 0.3) is 0 Å². The molecular formula is C16H19N3O3S. The molecule has 0 unspecified atom stereocenters. The maximum Gasteiger partial charge on any atom is 0.274 e. The standard InChI is InChI=1S/C16H19N3O3S/c1-22-9-8-19-15(20)5-4-13(17-19)16(21)18-7-2-3-14(18)12-6-10-23-11-12/h4-6,10-11,14H,2-3,7-9H2,1H3/t14-/m0/s1. The molecule has 1 atom stereocenters. The molecule has 3 heterocycles. The van der Waals surface area contributed by atoms with E-state index in [-0.39, 0.29) is 17.5 Å². The summed E-state index contributed by atoms with van der Waals surface area (Å²) in [6.45, 7) is 1.44. The summed E-state index contributed by atoms with van der Waals surface area (Å²) >= 11 is 1.64. The van der Waals surface area contributed by atoms with E-state index in [1.807, 2.05) is 10.3 Å². The number of aromatic nitrogens is 2. The number of carbonyl (C=O) groups is 1. The van der Waals surface area contributed by atoms with Gasteiger partial charge in [-0.15, -0.1) is 0 Å². The summed E-state index contributed by atoms with van der Waals surface area (Å²) in [5.74, 6) is -0.120. The number of methoxy groups -OCH3 is 1. The molecule has 0 bridgehead atoms. The Hall–Kier alpha value is -1.99. The Morgan fingerprint density at radius 1 is 1.43 bits per heavy atom. The van der Waals surface area contributed by atoms with Crippen molar-refractivity contribution in [1.82, 2.24) is 14.7 Å². The predicted octanol–water partition coefficient (Wildman–Crippen LogP) is 1.93. The summed E-state index contributed by atoms with van der Waals surface area (Å²) in [6.07, 6.45) is 1.95. The highest BCUT2D eigenvalue weighted by Gasteiger charge is 2.31. The molecule has 2 aromatic rings. The molecule has 0 aromatic carbocycles. The molecule has 0 radical (unpaired) electrons. The van der Waals surface area contributed by atoms with E-state index in [9.17, 15) is 9.59 Å². The van der Waals surface area contributed by atoms with Gasteiger partial charge < -0.3 is 9.64 Å². The van der Waals surface area contributed by atoms with Crippen LogP contribution >= 0.6 is 11.3 Å². The van der Waals surface area contributed by atoms with E-state index in [0.29, 0.717) is 18.8 Å². The molecule has 6 nitrogen and oxygen atoms in total. The summed E-state index contributed by atoms with van der Waals surface area (Å²) < 4.78 is 6.26. The number of thiophene rings is 1. The highest BCUT2D eigenvalue weighted by Crippen LogP contribution is 2.33. The minimum atomic E-state index is -0.227. The Morgan fingerprint density at radius 2 is 2.30 bits per heavy atom. The lowest BCUT2D eigenvalue weighted by atomic mass is 10.1. The number of amides is 1. The molecule has 0 saturated carbocycles. The number of nitrogens with zero attached hydrogens (tertiary/aromatic N) is 3. The Kier molecular flexibility index (Phi) is 4.88. The fourth-order valence-electron chi connectivity index (χ4n) is 2.87. The van der Waals surface area contributed by atoms with Gasteiger partial charge in [-0.05, 0) is 41.3 Å². The fraction of sp³-hybridized carbons (Fsp3) is 0.438. The molecule has 1 saturated heterocycles. The van der Waals surface area contributed by atoms with Gasteiger partial charge in [-0.3, -0.25) is 9.59 Å². The van der Waals surface area contributed by atoms with E-state index in [1.165, 1.54) is 22.4 Å². The maximum absolute atomic E-state index is 12.8. The van der Waals surface area contributed by atoms with Crippen LogP contribution in [0, 0.1) is 0 Å². The summed E-state index contributed by atoms with van der Waals surface area (Å²) in [4.78, 5) is 26.5. The number of rotatable bonds is 5. The molecule has 1 amide bonds. The van der Waals surface area contributed by atoms with Crippen molar-refractivity contribution in [3.05, 3.63) is 50.6 Å². The lowest BCUT2D eigenvalue weighted by Gasteiger charge is -2.24. The van der Waals surface area contributed by atoms with Crippen LogP contribution in [-0.4, -0.2) is 40.8 Å². The first-order valence-corrected chi connectivity index (χ1v) is 8.55. The molecule has 7 heteroatoms. The summed E-state index contributed by atoms with van der Waals surface area (Å²) in [5, 5.41) is 8.32. The third-order valence-corrected chi connectivity index (χ3v) is 4.74. The molecule has 1 fully saturated rings. The van der Waals surface area contributed by atoms with Gasteiger partial charge in [0.15, 0.2) is 0 Å². The molecule has 0 aliphatic carbocycles. The van der Waals surface area contributed by atoms with E-state index in [1.54, 1.807) is 18.4 Å². The van der Waals surface area contributed by atoms with Crippen LogP contribution in [0.1, 0.15) is 34.9 Å². The third-order valence-electron chi connectivity index (χ3n) is 4.03. The molecule has 23 heavy (non-hydrogen) atoms. The molecule has 1 aliphatic heterocycles. The quantitative estimate of drug-likeness (QED) is 0.839. The van der Waals surface area contributed by atoms with Crippen molar-refractivity contribution in [3.8, 4) is 0 Å². The minimum absolute atomic E-state index is 0.106. The SMILES string of the molecule is COCCn1nc(C(=O)N2CCC[C@H]2c2ccsc2)ccc1=O. The number of likely N-dealkylation sites (tertiary alicyclic amines) is 1. The average Bonchev–Trinajstić information content (AvgIpc) is 3.24. The van der Waals surface area contributed by atoms with Gasteiger partial charge in [0, 0.05) is 19.7 Å². The van der Waals surface area contributed by atoms with E-state index >= 15 is 0 Å². The Labute approximate surface area is 138 Å². The van der Waals surface area contributed by atoms with E-state index in [4.69, 9.17) is 4.74 Å². The lowest BCUT2D eigenvalue weighted by molar-refractivity contribution is 0.0726. The Bertz CT molecular complexity index is 726. The first-order valence-electron chi connectivity index (χ1n) is 7.61. The second-order valence-electron chi connectivity index (χ2n) is 5.49. The van der Waals surface area contributed by atoms with Crippen LogP contribution in [0.2, 0.25) is 0 Å². The summed E-state index contributed by atoms with van der Waals surface area (Å²) in [6, 6.07) is 5.08. The normalized spacial score (nSPS) is 17.6. The van der Waals surface area contributed by atoms with Gasteiger partial charge in [-0.25, -0.2) is 4.68 Å². The van der Waals surface area contributed by atoms with Crippen molar-refractivity contribution in [2.24, 2.45) is 0 Å². The van der Waals surface area contributed by atoms with Crippen molar-refractivity contribution in [3.63, 3.8) is 0 Å². The molecular weight excluding hydrogens is 314 g/mol. The zero-order valence-corrected chi connectivity index (χ0v) is 13.8. The molecule has 3 rings (SSSR count). The maximum atomic E-state index is 12.8. The zero-order chi connectivity index (χ0) is 16.2. The second kappa shape index (κ2) is 7.06. The van der Waals surface area contributed by atoms with Gasteiger partial charge in [0.25, 0.3) is 11.5 Å². The topological polar surface area (TPSA) is 64.4 Å². The average molecular weight is 333 g/mol. The van der Waals surface area contributed by atoms with Crippen LogP contribution in [0.3, 0.4) is 0 Å². The van der Waals surface area contributed by atoms with Gasteiger partial charge in [0.1, 0.15) is 5.69 Å². The highest BCUT2D eigenvalue weighted by molar-refractivity contribution is 7.07. The van der Waals surface area contributed by atoms with Crippen LogP contribution in [-0.2, 0) is 11.3 Å². The predicted molar refractivity (Wildman–Crippen MR) is 87.7 cm³/mol. The van der Waals surface area contributed by atoms with E-state index in [0.717, 1.165) is 19.4 Å². The van der Waals surface area contributed by atoms with Crippen molar-refractivity contribution >= 4 is 17.2 Å². The van der Waals surface area contributed by atoms with E-state index < -0.39 is 0 Å². The van der Waals surface area contributed by atoms with Crippen molar-refractivity contribution in [2.75, 3.05) is 20.3 Å². The second-order valence-corrected chi connectivity index (χ2v) is 6.27. The van der Waals surface area contributed by atoms with Gasteiger partial charge in [0.05, 0.1) is 19.2 Å². The first kappa shape index (κ1) is 15.9. The third kappa shape index (κ3) is 3.35. The number of ether oxygens (including phenoxy) is 1. The number of hydrogen-bond acceptors (Lipinski definition) is 5. The van der Waals surface area contributed by atoms with Gasteiger partial charge >= 0.3 is 0 Å². The summed E-state index contributed by atoms with van der Waals surface area (Å²) in [7, 11) is 1.57. The van der Waals surface area contributed by atoms with Gasteiger partial charge in [0.2, 0.25) is 0 Å². The molecule has 122 valence electrons. The summed E-state index contributed by atoms with van der Waals surface area (Å²) in [5.41, 5.74) is 1.26. The Balaban J connectivity index is 1.83. The zero-order valence-electron chi connectivity index (χ0n) is 13.0. The molecule has 2 aromatic heterocycles. The van der Waals surface area contributed by atoms with Crippen LogP contribution < -0.4 is 5.56 Å². The monoisotopic (exact) mass is 333 g/mol. The van der Waals surface area contributed by atoms with Gasteiger partial charge in [-0.2, -0.15) is 16.4 Å². The molecule has 0 N–H and O–H groups in total. The van der Waals surface area contributed by atoms with Crippen LogP contribution in [0.15, 0.2) is 33.8 Å². The van der Waals surface area contributed by atoms with Crippen molar-refractivity contribution in [1.29, 1.82) is 0 Å². The van der Waals surface area contributed by atoms with Crippen molar-refractivity contribution in [2.45, 2.75) is 25.4 Å². The van der Waals surface area contributed by atoms with Crippen LogP contribution in [0.4, 0.5) is 0 Å². The largest absolute Gasteiger partial charge is 0.383 e. The lowest BCUT2D eigenvalue weighted by Crippen LogP contribution is -2.33. The molecule has 1 aliphatic rings. The smallest absolute Gasteiger partial charge is 0.274 e. The first-order chi connectivity index (χ1) is 11.2. The molecule has 0 spiro atoms. The highest BCUT2D eigenvalue weighted by atomic mass is 32.1. The Morgan fingerprint density at radius 3 is 3.04 bits per heavy atom.